The van der Waals surface area contributed by atoms with Gasteiger partial charge in [-0.05, 0) is 74.7 Å². The van der Waals surface area contributed by atoms with Gasteiger partial charge in [0, 0.05) is 29.5 Å². The Labute approximate surface area is 164 Å². The standard InChI is InChI=1S/C23H25N3O2/c1-15-22(16-9-12-26(15)13-10-16)25-23(27)21-8-7-20(28-21)18-5-2-4-17(14-18)19-6-3-11-24-19/h2-8,11,14-16,22,24H,9-10,12-13H2,1H3,(H,25,27)/t15-,22+/m1/s1. The molecule has 2 atom stereocenters. The molecule has 2 N–H and O–H groups in total. The smallest absolute Gasteiger partial charge is 0.287 e. The van der Waals surface area contributed by atoms with Gasteiger partial charge in [-0.3, -0.25) is 9.69 Å². The van der Waals surface area contributed by atoms with Gasteiger partial charge in [-0.15, -0.1) is 0 Å². The summed E-state index contributed by atoms with van der Waals surface area (Å²) in [7, 11) is 0. The van der Waals surface area contributed by atoms with Crippen LogP contribution in [0.25, 0.3) is 22.6 Å². The minimum absolute atomic E-state index is 0.114. The van der Waals surface area contributed by atoms with Crippen molar-refractivity contribution in [3.05, 3.63) is 60.5 Å². The molecule has 3 saturated heterocycles. The Balaban J connectivity index is 1.34. The van der Waals surface area contributed by atoms with Crippen LogP contribution in [0.2, 0.25) is 0 Å². The molecule has 3 aromatic rings. The van der Waals surface area contributed by atoms with E-state index in [0.29, 0.717) is 23.5 Å². The number of H-pyrrole nitrogens is 1. The van der Waals surface area contributed by atoms with E-state index in [1.54, 1.807) is 6.07 Å². The number of nitrogens with one attached hydrogen (secondary N) is 2. The Hall–Kier alpha value is -2.79. The van der Waals surface area contributed by atoms with E-state index in [1.165, 1.54) is 12.8 Å². The summed E-state index contributed by atoms with van der Waals surface area (Å²) in [6.45, 7) is 4.52. The third-order valence-electron chi connectivity index (χ3n) is 6.36. The molecule has 0 aliphatic carbocycles. The summed E-state index contributed by atoms with van der Waals surface area (Å²) in [6, 6.07) is 16.4. The molecule has 2 aromatic heterocycles. The van der Waals surface area contributed by atoms with Crippen molar-refractivity contribution in [2.24, 2.45) is 5.92 Å². The lowest BCUT2D eigenvalue weighted by molar-refractivity contribution is 0.0211. The van der Waals surface area contributed by atoms with E-state index >= 15 is 0 Å². The first kappa shape index (κ1) is 17.3. The monoisotopic (exact) mass is 375 g/mol. The fraction of sp³-hybridized carbons (Fsp3) is 0.348. The number of aromatic amines is 1. The molecule has 1 amide bonds. The highest BCUT2D eigenvalue weighted by Crippen LogP contribution is 2.32. The number of carbonyl (C=O) groups excluding carboxylic acids is 1. The first-order chi connectivity index (χ1) is 13.7. The lowest BCUT2D eigenvalue weighted by Crippen LogP contribution is -2.62. The van der Waals surface area contributed by atoms with Crippen molar-refractivity contribution in [3.63, 3.8) is 0 Å². The number of fused-ring (bicyclic) bond motifs is 3. The maximum absolute atomic E-state index is 12.8. The molecule has 1 aromatic carbocycles. The minimum atomic E-state index is -0.114. The van der Waals surface area contributed by atoms with Gasteiger partial charge in [-0.2, -0.15) is 0 Å². The summed E-state index contributed by atoms with van der Waals surface area (Å²) in [5, 5.41) is 3.24. The van der Waals surface area contributed by atoms with E-state index in [0.717, 1.165) is 29.9 Å². The molecule has 6 rings (SSSR count). The molecule has 3 aliphatic heterocycles. The minimum Gasteiger partial charge on any atom is -0.451 e. The van der Waals surface area contributed by atoms with Crippen LogP contribution in [-0.4, -0.2) is 41.0 Å². The molecule has 0 unspecified atom stereocenters. The molecular formula is C23H25N3O2. The van der Waals surface area contributed by atoms with E-state index in [1.807, 2.05) is 36.5 Å². The van der Waals surface area contributed by atoms with Crippen LogP contribution < -0.4 is 5.32 Å². The first-order valence-electron chi connectivity index (χ1n) is 10.1. The van der Waals surface area contributed by atoms with Crippen LogP contribution >= 0.6 is 0 Å². The zero-order valence-electron chi connectivity index (χ0n) is 16.0. The number of amides is 1. The van der Waals surface area contributed by atoms with Crippen LogP contribution in [0.4, 0.5) is 0 Å². The van der Waals surface area contributed by atoms with Crippen LogP contribution in [0.5, 0.6) is 0 Å². The quantitative estimate of drug-likeness (QED) is 0.720. The van der Waals surface area contributed by atoms with Crippen LogP contribution in [0.3, 0.4) is 0 Å². The summed E-state index contributed by atoms with van der Waals surface area (Å²) in [5.74, 6) is 1.55. The number of nitrogens with zero attached hydrogens (tertiary/aromatic N) is 1. The third-order valence-corrected chi connectivity index (χ3v) is 6.36. The van der Waals surface area contributed by atoms with Gasteiger partial charge in [-0.1, -0.05) is 18.2 Å². The van der Waals surface area contributed by atoms with Crippen LogP contribution in [-0.2, 0) is 0 Å². The average Bonchev–Trinajstić information content (AvgIpc) is 3.43. The zero-order valence-corrected chi connectivity index (χ0v) is 16.0. The Morgan fingerprint density at radius 1 is 1.11 bits per heavy atom. The Kier molecular flexibility index (Phi) is 4.32. The summed E-state index contributed by atoms with van der Waals surface area (Å²) in [6.07, 6.45) is 4.25. The number of piperidine rings is 3. The Bertz CT molecular complexity index is 965. The van der Waals surface area contributed by atoms with Crippen molar-refractivity contribution < 1.29 is 9.21 Å². The molecule has 5 nitrogen and oxygen atoms in total. The maximum Gasteiger partial charge on any atom is 0.287 e. The third kappa shape index (κ3) is 3.06. The molecule has 2 bridgehead atoms. The number of aromatic nitrogens is 1. The van der Waals surface area contributed by atoms with E-state index in [2.05, 4.69) is 34.3 Å². The van der Waals surface area contributed by atoms with E-state index in [4.69, 9.17) is 4.42 Å². The fourth-order valence-electron chi connectivity index (χ4n) is 4.73. The van der Waals surface area contributed by atoms with Gasteiger partial charge >= 0.3 is 0 Å². The number of rotatable bonds is 4. The maximum atomic E-state index is 12.8. The van der Waals surface area contributed by atoms with Gasteiger partial charge in [-0.25, -0.2) is 0 Å². The lowest BCUT2D eigenvalue weighted by Gasteiger charge is -2.49. The number of hydrogen-bond donors (Lipinski definition) is 2. The van der Waals surface area contributed by atoms with Gasteiger partial charge in [0.25, 0.3) is 5.91 Å². The number of carbonyl (C=O) groups is 1. The first-order valence-corrected chi connectivity index (χ1v) is 10.1. The summed E-state index contributed by atoms with van der Waals surface area (Å²) >= 11 is 0. The highest BCUT2D eigenvalue weighted by molar-refractivity contribution is 5.92. The van der Waals surface area contributed by atoms with Gasteiger partial charge in [0.15, 0.2) is 5.76 Å². The van der Waals surface area contributed by atoms with E-state index in [9.17, 15) is 4.79 Å². The van der Waals surface area contributed by atoms with Crippen molar-refractivity contribution in [1.82, 2.24) is 15.2 Å². The lowest BCUT2D eigenvalue weighted by atomic mass is 9.79. The molecule has 3 fully saturated rings. The molecule has 3 aliphatic rings. The van der Waals surface area contributed by atoms with E-state index in [-0.39, 0.29) is 11.9 Å². The van der Waals surface area contributed by atoms with Crippen LogP contribution in [0, 0.1) is 5.92 Å². The SMILES string of the molecule is C[C@@H]1[C@H](NC(=O)c2ccc(-c3cccc(-c4ccc[nH]4)c3)o2)C2CCN1CC2. The second kappa shape index (κ2) is 6.99. The zero-order chi connectivity index (χ0) is 19.1. The highest BCUT2D eigenvalue weighted by atomic mass is 16.3. The second-order valence-corrected chi connectivity index (χ2v) is 7.94. The van der Waals surface area contributed by atoms with Crippen LogP contribution in [0.1, 0.15) is 30.3 Å². The molecule has 144 valence electrons. The van der Waals surface area contributed by atoms with Crippen molar-refractivity contribution in [1.29, 1.82) is 0 Å². The molecule has 0 spiro atoms. The van der Waals surface area contributed by atoms with Crippen molar-refractivity contribution in [2.45, 2.75) is 31.8 Å². The predicted octanol–water partition coefficient (Wildman–Crippen LogP) is 4.15. The number of furan rings is 1. The summed E-state index contributed by atoms with van der Waals surface area (Å²) in [5.41, 5.74) is 3.11. The molecule has 0 saturated carbocycles. The average molecular weight is 375 g/mol. The van der Waals surface area contributed by atoms with Crippen molar-refractivity contribution >= 4 is 5.91 Å². The largest absolute Gasteiger partial charge is 0.451 e. The van der Waals surface area contributed by atoms with E-state index < -0.39 is 0 Å². The number of hydrogen-bond acceptors (Lipinski definition) is 3. The number of benzene rings is 1. The summed E-state index contributed by atoms with van der Waals surface area (Å²) in [4.78, 5) is 18.5. The molecule has 28 heavy (non-hydrogen) atoms. The van der Waals surface area contributed by atoms with Gasteiger partial charge in [0.05, 0.1) is 0 Å². The second-order valence-electron chi connectivity index (χ2n) is 7.94. The van der Waals surface area contributed by atoms with Crippen molar-refractivity contribution in [3.8, 4) is 22.6 Å². The normalized spacial score (nSPS) is 26.3. The van der Waals surface area contributed by atoms with Gasteiger partial charge in [0.1, 0.15) is 5.76 Å². The summed E-state index contributed by atoms with van der Waals surface area (Å²) < 4.78 is 5.92. The predicted molar refractivity (Wildman–Crippen MR) is 109 cm³/mol. The molecule has 5 heteroatoms. The fourth-order valence-corrected chi connectivity index (χ4v) is 4.73. The topological polar surface area (TPSA) is 61.3 Å². The Morgan fingerprint density at radius 3 is 2.68 bits per heavy atom. The van der Waals surface area contributed by atoms with Gasteiger partial charge < -0.3 is 14.7 Å². The highest BCUT2D eigenvalue weighted by Gasteiger charge is 2.40. The van der Waals surface area contributed by atoms with Crippen molar-refractivity contribution in [2.75, 3.05) is 13.1 Å². The molecular weight excluding hydrogens is 350 g/mol. The van der Waals surface area contributed by atoms with Gasteiger partial charge in [0.2, 0.25) is 0 Å². The molecule has 0 radical (unpaired) electrons. The Morgan fingerprint density at radius 2 is 1.93 bits per heavy atom. The van der Waals surface area contributed by atoms with Crippen LogP contribution in [0.15, 0.2) is 59.1 Å². The molecule has 5 heterocycles.